The molecule has 4 aromatic rings. The predicted octanol–water partition coefficient (Wildman–Crippen LogP) is 5.35. The van der Waals surface area contributed by atoms with Crippen LogP contribution in [-0.2, 0) is 4.79 Å². The summed E-state index contributed by atoms with van der Waals surface area (Å²) in [5.74, 6) is -1.65. The van der Waals surface area contributed by atoms with E-state index in [2.05, 4.69) is 0 Å². The Labute approximate surface area is 209 Å². The van der Waals surface area contributed by atoms with Crippen molar-refractivity contribution < 1.29 is 19.1 Å². The number of aliphatic hydroxyl groups excluding tert-OH is 1. The van der Waals surface area contributed by atoms with Crippen molar-refractivity contribution in [2.24, 2.45) is 0 Å². The third-order valence-electron chi connectivity index (χ3n) is 6.47. The van der Waals surface area contributed by atoms with Crippen LogP contribution in [-0.4, -0.2) is 45.0 Å². The van der Waals surface area contributed by atoms with Crippen molar-refractivity contribution in [3.63, 3.8) is 0 Å². The van der Waals surface area contributed by atoms with Crippen molar-refractivity contribution >= 4 is 39.7 Å². The number of ketones is 1. The zero-order valence-corrected chi connectivity index (χ0v) is 20.6. The zero-order chi connectivity index (χ0) is 25.6. The van der Waals surface area contributed by atoms with Gasteiger partial charge in [0.2, 0.25) is 5.78 Å². The fraction of sp³-hybridized carbons (Fsp3) is 0.172. The Kier molecular flexibility index (Phi) is 5.76. The summed E-state index contributed by atoms with van der Waals surface area (Å²) in [6.07, 6.45) is 0. The second kappa shape index (κ2) is 8.92. The van der Waals surface area contributed by atoms with E-state index in [4.69, 9.17) is 4.42 Å². The molecule has 1 N–H and O–H groups in total. The van der Waals surface area contributed by atoms with Crippen molar-refractivity contribution in [1.82, 2.24) is 0 Å². The van der Waals surface area contributed by atoms with Crippen molar-refractivity contribution in [3.8, 4) is 0 Å². The number of aliphatic hydroxyl groups is 1. The first-order valence-corrected chi connectivity index (χ1v) is 11.6. The highest BCUT2D eigenvalue weighted by atomic mass is 16.3. The number of carbonyl (C=O) groups excluding carboxylic acids is 2. The van der Waals surface area contributed by atoms with Crippen LogP contribution in [0.2, 0.25) is 0 Å². The van der Waals surface area contributed by atoms with Crippen LogP contribution in [0, 0.1) is 0 Å². The summed E-state index contributed by atoms with van der Waals surface area (Å²) in [6, 6.07) is 23.1. The second-order valence-electron chi connectivity index (χ2n) is 9.21. The number of amides is 1. The first-order chi connectivity index (χ1) is 17.3. The van der Waals surface area contributed by atoms with Gasteiger partial charge >= 0.3 is 0 Å². The minimum Gasteiger partial charge on any atom is -0.503 e. The molecule has 36 heavy (non-hydrogen) atoms. The topological polar surface area (TPSA) is 77.2 Å². The number of furan rings is 1. The zero-order valence-electron chi connectivity index (χ0n) is 20.6. The van der Waals surface area contributed by atoms with E-state index in [9.17, 15) is 14.7 Å². The molecule has 0 spiro atoms. The van der Waals surface area contributed by atoms with Gasteiger partial charge in [0.25, 0.3) is 5.91 Å². The lowest BCUT2D eigenvalue weighted by Gasteiger charge is -2.27. The Bertz CT molecular complexity index is 1450. The van der Waals surface area contributed by atoms with Crippen LogP contribution in [0.1, 0.15) is 22.2 Å². The molecule has 1 atom stereocenters. The maximum atomic E-state index is 13.7. The summed E-state index contributed by atoms with van der Waals surface area (Å²) in [6.45, 7) is 0. The molecule has 1 unspecified atom stereocenters. The minimum atomic E-state index is -0.820. The summed E-state index contributed by atoms with van der Waals surface area (Å²) in [7, 11) is 7.75. The molecule has 2 heterocycles. The molecular weight excluding hydrogens is 454 g/mol. The summed E-state index contributed by atoms with van der Waals surface area (Å²) in [5.41, 5.74) is 3.78. The maximum Gasteiger partial charge on any atom is 0.294 e. The van der Waals surface area contributed by atoms with Crippen molar-refractivity contribution in [1.29, 1.82) is 0 Å². The van der Waals surface area contributed by atoms with Crippen LogP contribution >= 0.6 is 0 Å². The smallest absolute Gasteiger partial charge is 0.294 e. The number of benzene rings is 3. The van der Waals surface area contributed by atoms with Gasteiger partial charge in [0, 0.05) is 50.6 Å². The molecule has 1 aromatic heterocycles. The van der Waals surface area contributed by atoms with Crippen molar-refractivity contribution in [2.75, 3.05) is 42.9 Å². The minimum absolute atomic E-state index is 0.00616. The number of fused-ring (bicyclic) bond motifs is 1. The van der Waals surface area contributed by atoms with E-state index in [1.54, 1.807) is 12.1 Å². The Hall–Kier alpha value is -4.52. The van der Waals surface area contributed by atoms with E-state index >= 15 is 0 Å². The molecule has 0 saturated heterocycles. The van der Waals surface area contributed by atoms with Crippen LogP contribution in [0.3, 0.4) is 0 Å². The monoisotopic (exact) mass is 481 g/mol. The number of hydrogen-bond donors (Lipinski definition) is 1. The predicted molar refractivity (Wildman–Crippen MR) is 142 cm³/mol. The summed E-state index contributed by atoms with van der Waals surface area (Å²) >= 11 is 0. The molecule has 0 bridgehead atoms. The van der Waals surface area contributed by atoms with E-state index in [-0.39, 0.29) is 11.3 Å². The van der Waals surface area contributed by atoms with Gasteiger partial charge in [-0.15, -0.1) is 0 Å². The number of anilines is 3. The van der Waals surface area contributed by atoms with Gasteiger partial charge in [-0.1, -0.05) is 30.3 Å². The molecule has 1 aliphatic rings. The van der Waals surface area contributed by atoms with Crippen molar-refractivity contribution in [3.05, 3.63) is 102 Å². The van der Waals surface area contributed by atoms with E-state index in [1.807, 2.05) is 105 Å². The van der Waals surface area contributed by atoms with E-state index in [0.717, 1.165) is 16.8 Å². The van der Waals surface area contributed by atoms with Crippen LogP contribution < -0.4 is 14.7 Å². The van der Waals surface area contributed by atoms with Gasteiger partial charge in [-0.2, -0.15) is 0 Å². The molecule has 5 rings (SSSR count). The van der Waals surface area contributed by atoms with E-state index < -0.39 is 23.5 Å². The lowest BCUT2D eigenvalue weighted by molar-refractivity contribution is -0.117. The van der Waals surface area contributed by atoms with E-state index in [0.29, 0.717) is 16.8 Å². The highest BCUT2D eigenvalue weighted by Gasteiger charge is 2.45. The number of hydrogen-bond acceptors (Lipinski definition) is 6. The highest BCUT2D eigenvalue weighted by molar-refractivity contribution is 6.20. The SMILES string of the molecule is CN(C)c1ccc(C2C(C(=O)c3cc4ccccc4o3)=C(O)C(=O)N2c2ccc(N(C)C)cc2)cc1. The normalized spacial score (nSPS) is 15.6. The maximum absolute atomic E-state index is 13.7. The standard InChI is InChI=1S/C29H27N3O4/c1-30(2)20-11-9-18(10-12-20)26-25(27(33)24-17-19-7-5-6-8-23(19)36-24)28(34)29(35)32(26)22-15-13-21(14-16-22)31(3)4/h5-17,26,34H,1-4H3. The lowest BCUT2D eigenvalue weighted by Crippen LogP contribution is -2.31. The van der Waals surface area contributed by atoms with Gasteiger partial charge in [-0.3, -0.25) is 14.5 Å². The summed E-state index contributed by atoms with van der Waals surface area (Å²) < 4.78 is 5.81. The fourth-order valence-electron chi connectivity index (χ4n) is 4.51. The van der Waals surface area contributed by atoms with Crippen LogP contribution in [0.25, 0.3) is 11.0 Å². The molecule has 7 nitrogen and oxygen atoms in total. The number of para-hydroxylation sites is 1. The second-order valence-corrected chi connectivity index (χ2v) is 9.21. The number of nitrogens with zero attached hydrogens (tertiary/aromatic N) is 3. The molecule has 0 aliphatic carbocycles. The third-order valence-corrected chi connectivity index (χ3v) is 6.47. The first-order valence-electron chi connectivity index (χ1n) is 11.6. The molecule has 0 fully saturated rings. The Morgan fingerprint density at radius 1 is 0.861 bits per heavy atom. The average Bonchev–Trinajstić information content (AvgIpc) is 3.43. The highest BCUT2D eigenvalue weighted by Crippen LogP contribution is 2.43. The number of carbonyl (C=O) groups is 2. The fourth-order valence-corrected chi connectivity index (χ4v) is 4.51. The Morgan fingerprint density at radius 3 is 2.03 bits per heavy atom. The van der Waals surface area contributed by atoms with Gasteiger partial charge < -0.3 is 19.3 Å². The van der Waals surface area contributed by atoms with Crippen molar-refractivity contribution in [2.45, 2.75) is 6.04 Å². The average molecular weight is 482 g/mol. The molecule has 1 aliphatic heterocycles. The van der Waals surface area contributed by atoms with Crippen LogP contribution in [0.4, 0.5) is 17.1 Å². The Morgan fingerprint density at radius 2 is 1.44 bits per heavy atom. The van der Waals surface area contributed by atoms with Gasteiger partial charge in [0.15, 0.2) is 11.5 Å². The van der Waals surface area contributed by atoms with E-state index in [1.165, 1.54) is 4.90 Å². The first kappa shape index (κ1) is 23.2. The summed E-state index contributed by atoms with van der Waals surface area (Å²) in [4.78, 5) is 32.6. The molecule has 0 saturated carbocycles. The molecule has 3 aromatic carbocycles. The quantitative estimate of drug-likeness (QED) is 0.374. The summed E-state index contributed by atoms with van der Waals surface area (Å²) in [5, 5.41) is 11.8. The van der Waals surface area contributed by atoms with Gasteiger partial charge in [-0.05, 0) is 54.1 Å². The molecule has 182 valence electrons. The Balaban J connectivity index is 1.63. The molecule has 1 amide bonds. The number of rotatable bonds is 6. The largest absolute Gasteiger partial charge is 0.503 e. The molecular formula is C29H27N3O4. The number of Topliss-reactive ketones (excluding diaryl/α,β-unsaturated/α-hetero) is 1. The van der Waals surface area contributed by atoms with Crippen LogP contribution in [0.15, 0.2) is 94.6 Å². The van der Waals surface area contributed by atoms with Crippen LogP contribution in [0.5, 0.6) is 0 Å². The molecule has 7 heteroatoms. The van der Waals surface area contributed by atoms with Gasteiger partial charge in [-0.25, -0.2) is 0 Å². The third kappa shape index (κ3) is 3.88. The van der Waals surface area contributed by atoms with Gasteiger partial charge in [0.1, 0.15) is 5.58 Å². The van der Waals surface area contributed by atoms with Gasteiger partial charge in [0.05, 0.1) is 11.6 Å². The molecule has 0 radical (unpaired) electrons. The lowest BCUT2D eigenvalue weighted by atomic mass is 9.94.